The van der Waals surface area contributed by atoms with Crippen LogP contribution in [0.3, 0.4) is 0 Å². The summed E-state index contributed by atoms with van der Waals surface area (Å²) in [7, 11) is 0. The van der Waals surface area contributed by atoms with Crippen LogP contribution in [0.25, 0.3) is 0 Å². The monoisotopic (exact) mass is 359 g/mol. The van der Waals surface area contributed by atoms with Gasteiger partial charge in [0.25, 0.3) is 12.3 Å². The predicted octanol–water partition coefficient (Wildman–Crippen LogP) is 3.36. The summed E-state index contributed by atoms with van der Waals surface area (Å²) in [6.45, 7) is 4.59. The first-order valence-corrected chi connectivity index (χ1v) is 6.77. The van der Waals surface area contributed by atoms with Crippen LogP contribution in [0.5, 0.6) is 0 Å². The van der Waals surface area contributed by atoms with Crippen LogP contribution >= 0.6 is 15.9 Å². The molecule has 0 atom stereocenters. The fraction of sp³-hybridized carbons (Fsp3) is 0.286. The summed E-state index contributed by atoms with van der Waals surface area (Å²) in [5.41, 5.74) is 0.704. The van der Waals surface area contributed by atoms with Crippen LogP contribution in [0.15, 0.2) is 34.4 Å². The third kappa shape index (κ3) is 5.95. The second-order valence-corrected chi connectivity index (χ2v) is 5.55. The third-order valence-electron chi connectivity index (χ3n) is 2.31. The lowest BCUT2D eigenvalue weighted by atomic mass is 10.3. The first-order chi connectivity index (χ1) is 9.73. The molecule has 21 heavy (non-hydrogen) atoms. The van der Waals surface area contributed by atoms with Gasteiger partial charge in [-0.05, 0) is 25.1 Å². The largest absolute Gasteiger partial charge is 0.425 e. The Morgan fingerprint density at radius 2 is 2.05 bits per heavy atom. The highest BCUT2D eigenvalue weighted by Gasteiger charge is 2.24. The normalized spacial score (nSPS) is 11.8. The van der Waals surface area contributed by atoms with Crippen LogP contribution in [0.2, 0.25) is 0 Å². The maximum atomic E-state index is 13.2. The maximum absolute atomic E-state index is 13.2. The van der Waals surface area contributed by atoms with Gasteiger partial charge in [0.1, 0.15) is 5.82 Å². The number of ether oxygens (including phenoxy) is 2. The molecule has 0 aliphatic rings. The van der Waals surface area contributed by atoms with E-state index in [0.717, 1.165) is 0 Å². The highest BCUT2D eigenvalue weighted by Crippen LogP contribution is 2.19. The molecule has 0 saturated carbocycles. The molecule has 0 radical (unpaired) electrons. The van der Waals surface area contributed by atoms with Crippen molar-refractivity contribution in [2.75, 3.05) is 5.32 Å². The Balaban J connectivity index is 2.71. The van der Waals surface area contributed by atoms with Gasteiger partial charge in [0, 0.05) is 30.2 Å². The fourth-order valence-corrected chi connectivity index (χ4v) is 1.80. The number of halogens is 2. The summed E-state index contributed by atoms with van der Waals surface area (Å²) in [5.74, 6) is -2.43. The zero-order valence-corrected chi connectivity index (χ0v) is 13.4. The zero-order chi connectivity index (χ0) is 16.0. The summed E-state index contributed by atoms with van der Waals surface area (Å²) in [5, 5.41) is 2.78. The van der Waals surface area contributed by atoms with Gasteiger partial charge in [-0.2, -0.15) is 0 Å². The van der Waals surface area contributed by atoms with Gasteiger partial charge in [-0.1, -0.05) is 15.9 Å². The molecule has 0 spiro atoms. The highest BCUT2D eigenvalue weighted by molar-refractivity contribution is 9.10. The molecule has 0 bridgehead atoms. The van der Waals surface area contributed by atoms with Crippen LogP contribution in [0.1, 0.15) is 20.8 Å². The molecule has 114 valence electrons. The highest BCUT2D eigenvalue weighted by atomic mass is 79.9. The summed E-state index contributed by atoms with van der Waals surface area (Å²) >= 11 is 3.16. The fourth-order valence-electron chi connectivity index (χ4n) is 1.33. The van der Waals surface area contributed by atoms with E-state index in [1.54, 1.807) is 6.07 Å². The van der Waals surface area contributed by atoms with Crippen molar-refractivity contribution in [2.45, 2.75) is 26.6 Å². The Morgan fingerprint density at radius 3 is 2.62 bits per heavy atom. The Kier molecular flexibility index (Phi) is 5.90. The number of benzene rings is 1. The molecule has 0 amide bonds. The maximum Gasteiger partial charge on any atom is 0.338 e. The Hall–Kier alpha value is -1.89. The van der Waals surface area contributed by atoms with E-state index >= 15 is 0 Å². The molecular formula is C14H15BrFNO4. The first kappa shape index (κ1) is 17.2. The lowest BCUT2D eigenvalue weighted by molar-refractivity contribution is -0.204. The van der Waals surface area contributed by atoms with Crippen molar-refractivity contribution in [1.29, 1.82) is 0 Å². The summed E-state index contributed by atoms with van der Waals surface area (Å²) in [4.78, 5) is 22.0. The number of hydrogen-bond acceptors (Lipinski definition) is 5. The molecular weight excluding hydrogens is 345 g/mol. The minimum absolute atomic E-state index is 0.203. The molecule has 1 rings (SSSR count). The van der Waals surface area contributed by atoms with E-state index in [-0.39, 0.29) is 12.0 Å². The van der Waals surface area contributed by atoms with Crippen LogP contribution in [0, 0.1) is 5.82 Å². The summed E-state index contributed by atoms with van der Waals surface area (Å²) in [6, 6.07) is 4.24. The van der Waals surface area contributed by atoms with E-state index in [4.69, 9.17) is 4.74 Å². The molecule has 0 aliphatic carbocycles. The number of nitrogens with one attached hydrogen (secondary N) is 1. The van der Waals surface area contributed by atoms with Gasteiger partial charge < -0.3 is 14.8 Å². The molecule has 0 aliphatic heterocycles. The summed E-state index contributed by atoms with van der Waals surface area (Å²) < 4.78 is 23.4. The molecule has 0 heterocycles. The molecule has 0 unspecified atom stereocenters. The second-order valence-electron chi connectivity index (χ2n) is 4.63. The van der Waals surface area contributed by atoms with Crippen LogP contribution in [-0.2, 0) is 19.1 Å². The number of anilines is 1. The topological polar surface area (TPSA) is 64.6 Å². The molecule has 7 heteroatoms. The van der Waals surface area contributed by atoms with E-state index in [0.29, 0.717) is 10.2 Å². The number of esters is 1. The number of carbonyl (C=O) groups excluding carboxylic acids is 2. The van der Waals surface area contributed by atoms with Crippen molar-refractivity contribution in [2.24, 2.45) is 0 Å². The van der Waals surface area contributed by atoms with Gasteiger partial charge in [0.2, 0.25) is 0 Å². The Labute approximate surface area is 130 Å². The molecule has 0 aromatic heterocycles. The number of carbonyl (C=O) groups is 2. The third-order valence-corrected chi connectivity index (χ3v) is 2.77. The standard InChI is InChI=1S/C14H15BrFNO4/c1-9(13(19)21-14(2,3)20-8-18)7-17-12-5-10(15)4-11(16)6-12/h4-8,17H,1-3H3/b9-7-. The molecule has 1 aromatic rings. The van der Waals surface area contributed by atoms with Crippen LogP contribution in [-0.4, -0.2) is 18.2 Å². The first-order valence-electron chi connectivity index (χ1n) is 5.98. The van der Waals surface area contributed by atoms with E-state index in [2.05, 4.69) is 26.0 Å². The summed E-state index contributed by atoms with van der Waals surface area (Å²) in [6.07, 6.45) is 1.38. The Morgan fingerprint density at radius 1 is 1.38 bits per heavy atom. The van der Waals surface area contributed by atoms with Crippen LogP contribution < -0.4 is 5.32 Å². The van der Waals surface area contributed by atoms with Crippen molar-refractivity contribution in [3.8, 4) is 0 Å². The SMILES string of the molecule is C/C(=C/Nc1cc(F)cc(Br)c1)C(=O)OC(C)(C)OC=O. The molecule has 5 nitrogen and oxygen atoms in total. The van der Waals surface area contributed by atoms with E-state index < -0.39 is 17.6 Å². The van der Waals surface area contributed by atoms with E-state index in [1.165, 1.54) is 39.1 Å². The molecule has 1 N–H and O–H groups in total. The van der Waals surface area contributed by atoms with Crippen molar-refractivity contribution in [3.63, 3.8) is 0 Å². The second kappa shape index (κ2) is 7.21. The smallest absolute Gasteiger partial charge is 0.338 e. The van der Waals surface area contributed by atoms with E-state index in [9.17, 15) is 14.0 Å². The Bertz CT molecular complexity index is 552. The molecule has 0 saturated heterocycles. The van der Waals surface area contributed by atoms with Gasteiger partial charge in [-0.15, -0.1) is 0 Å². The lowest BCUT2D eigenvalue weighted by Gasteiger charge is -2.22. The molecule has 0 fully saturated rings. The van der Waals surface area contributed by atoms with Gasteiger partial charge in [-0.25, -0.2) is 9.18 Å². The van der Waals surface area contributed by atoms with Gasteiger partial charge in [-0.3, -0.25) is 4.79 Å². The average molecular weight is 360 g/mol. The minimum Gasteiger partial charge on any atom is -0.425 e. The van der Waals surface area contributed by atoms with E-state index in [1.807, 2.05) is 0 Å². The van der Waals surface area contributed by atoms with Crippen molar-refractivity contribution < 1.29 is 23.5 Å². The lowest BCUT2D eigenvalue weighted by Crippen LogP contribution is -2.31. The van der Waals surface area contributed by atoms with Gasteiger partial charge in [0.15, 0.2) is 0 Å². The van der Waals surface area contributed by atoms with Gasteiger partial charge >= 0.3 is 5.97 Å². The zero-order valence-electron chi connectivity index (χ0n) is 11.8. The van der Waals surface area contributed by atoms with Crippen LogP contribution in [0.4, 0.5) is 10.1 Å². The van der Waals surface area contributed by atoms with Crippen molar-refractivity contribution >= 4 is 34.1 Å². The number of hydrogen-bond donors (Lipinski definition) is 1. The minimum atomic E-state index is -1.35. The number of rotatable bonds is 6. The predicted molar refractivity (Wildman–Crippen MR) is 78.8 cm³/mol. The van der Waals surface area contributed by atoms with Crippen molar-refractivity contribution in [1.82, 2.24) is 0 Å². The quantitative estimate of drug-likeness (QED) is 0.365. The average Bonchev–Trinajstić information content (AvgIpc) is 2.33. The van der Waals surface area contributed by atoms with Crippen molar-refractivity contribution in [3.05, 3.63) is 40.3 Å². The molecule has 1 aromatic carbocycles. The van der Waals surface area contributed by atoms with Gasteiger partial charge in [0.05, 0.1) is 5.57 Å².